The van der Waals surface area contributed by atoms with Gasteiger partial charge in [-0.15, -0.1) is 0 Å². The lowest BCUT2D eigenvalue weighted by molar-refractivity contribution is -0.384. The second-order valence-corrected chi connectivity index (χ2v) is 1.97. The van der Waals surface area contributed by atoms with Crippen molar-refractivity contribution in [2.24, 2.45) is 0 Å². The molecule has 1 rings (SSSR count). The minimum absolute atomic E-state index is 0. The molecule has 0 radical (unpaired) electrons. The van der Waals surface area contributed by atoms with Crippen molar-refractivity contribution in [3.05, 3.63) is 28.3 Å². The first-order valence-corrected chi connectivity index (χ1v) is 2.85. The first kappa shape index (κ1) is 7.33. The molecule has 5 nitrogen and oxygen atoms in total. The Morgan fingerprint density at radius 2 is 2.27 bits per heavy atom. The Bertz CT molecular complexity index is 303. The predicted molar refractivity (Wildman–Crippen MR) is 40.3 cm³/mol. The SMILES string of the molecule is Nc1c(O)cccc1[N+](=O)[O-].[H+]. The molecule has 0 fully saturated rings. The Labute approximate surface area is 63.7 Å². The lowest BCUT2D eigenvalue weighted by Gasteiger charge is -1.97. The molecule has 0 aliphatic carbocycles. The topological polar surface area (TPSA) is 89.4 Å². The number of hydrogen-bond donors (Lipinski definition) is 2. The molecule has 0 aliphatic rings. The molecule has 0 aliphatic heterocycles. The van der Waals surface area contributed by atoms with E-state index < -0.39 is 4.92 Å². The number of nitrogens with zero attached hydrogens (tertiary/aromatic N) is 1. The zero-order valence-corrected chi connectivity index (χ0v) is 5.52. The monoisotopic (exact) mass is 155 g/mol. The summed E-state index contributed by atoms with van der Waals surface area (Å²) in [5.41, 5.74) is 4.72. The van der Waals surface area contributed by atoms with Crippen molar-refractivity contribution in [2.45, 2.75) is 0 Å². The van der Waals surface area contributed by atoms with Crippen LogP contribution in [0.3, 0.4) is 0 Å². The lowest BCUT2D eigenvalue weighted by atomic mass is 10.2. The van der Waals surface area contributed by atoms with Gasteiger partial charge in [0, 0.05) is 6.07 Å². The Kier molecular flexibility index (Phi) is 1.63. The maximum absolute atomic E-state index is 10.2. The van der Waals surface area contributed by atoms with E-state index >= 15 is 0 Å². The molecule has 11 heavy (non-hydrogen) atoms. The maximum Gasteiger partial charge on any atom is 1.00 e. The number of benzene rings is 1. The van der Waals surface area contributed by atoms with Crippen LogP contribution in [0.5, 0.6) is 5.75 Å². The van der Waals surface area contributed by atoms with Crippen molar-refractivity contribution >= 4 is 11.4 Å². The number of aromatic hydroxyl groups is 1. The van der Waals surface area contributed by atoms with Crippen LogP contribution in [0, 0.1) is 10.1 Å². The Balaban J connectivity index is 0.00000121. The van der Waals surface area contributed by atoms with Crippen molar-refractivity contribution in [1.82, 2.24) is 0 Å². The molecule has 0 amide bonds. The van der Waals surface area contributed by atoms with Crippen molar-refractivity contribution in [3.8, 4) is 5.75 Å². The number of nitro benzene ring substituents is 1. The van der Waals surface area contributed by atoms with Crippen molar-refractivity contribution in [1.29, 1.82) is 0 Å². The van der Waals surface area contributed by atoms with Crippen LogP contribution in [0.15, 0.2) is 18.2 Å². The van der Waals surface area contributed by atoms with E-state index in [0.29, 0.717) is 0 Å². The Hall–Kier alpha value is -1.78. The van der Waals surface area contributed by atoms with E-state index in [1.165, 1.54) is 18.2 Å². The van der Waals surface area contributed by atoms with E-state index in [4.69, 9.17) is 10.8 Å². The first-order valence-electron chi connectivity index (χ1n) is 2.85. The van der Waals surface area contributed by atoms with Gasteiger partial charge in [-0.05, 0) is 6.07 Å². The third-order valence-electron chi connectivity index (χ3n) is 1.26. The molecule has 0 saturated heterocycles. The molecule has 0 aromatic heterocycles. The largest absolute Gasteiger partial charge is 1.00 e. The second-order valence-electron chi connectivity index (χ2n) is 1.97. The van der Waals surface area contributed by atoms with E-state index in [1.807, 2.05) is 0 Å². The second kappa shape index (κ2) is 2.45. The molecule has 5 heteroatoms. The van der Waals surface area contributed by atoms with Crippen LogP contribution in [-0.4, -0.2) is 10.0 Å². The molecule has 0 unspecified atom stereocenters. The zero-order chi connectivity index (χ0) is 8.43. The standard InChI is InChI=1S/C6H6N2O3/c7-6-4(8(10)11)2-1-3-5(6)9/h1-3,9H,7H2/p+1. The van der Waals surface area contributed by atoms with Crippen LogP contribution in [0.1, 0.15) is 1.43 Å². The highest BCUT2D eigenvalue weighted by Crippen LogP contribution is 2.29. The van der Waals surface area contributed by atoms with Crippen LogP contribution in [0.2, 0.25) is 0 Å². The molecule has 0 heterocycles. The van der Waals surface area contributed by atoms with Crippen LogP contribution >= 0.6 is 0 Å². The summed E-state index contributed by atoms with van der Waals surface area (Å²) in [4.78, 5) is 9.54. The smallest absolute Gasteiger partial charge is 0.506 e. The van der Waals surface area contributed by atoms with Gasteiger partial charge in [0.05, 0.1) is 4.92 Å². The number of nitro groups is 1. The quantitative estimate of drug-likeness (QED) is 0.274. The number of phenolic OH excluding ortho intramolecular Hbond substituents is 1. The summed E-state index contributed by atoms with van der Waals surface area (Å²) in [6, 6.07) is 3.89. The zero-order valence-electron chi connectivity index (χ0n) is 6.52. The molecule has 0 spiro atoms. The van der Waals surface area contributed by atoms with Gasteiger partial charge in [0.2, 0.25) is 0 Å². The molecule has 1 aromatic rings. The fraction of sp³-hybridized carbons (Fsp3) is 0. The molecule has 58 valence electrons. The van der Waals surface area contributed by atoms with E-state index in [0.717, 1.165) is 0 Å². The molecule has 0 bridgehead atoms. The highest BCUT2D eigenvalue weighted by Gasteiger charge is 2.12. The summed E-state index contributed by atoms with van der Waals surface area (Å²) in [5, 5.41) is 19.1. The highest BCUT2D eigenvalue weighted by molar-refractivity contribution is 5.65. The minimum atomic E-state index is -0.644. The van der Waals surface area contributed by atoms with Gasteiger partial charge in [-0.25, -0.2) is 0 Å². The number of anilines is 1. The Morgan fingerprint density at radius 1 is 1.64 bits per heavy atom. The summed E-state index contributed by atoms with van der Waals surface area (Å²) < 4.78 is 0. The molecule has 0 saturated carbocycles. The van der Waals surface area contributed by atoms with E-state index in [9.17, 15) is 10.1 Å². The third kappa shape index (κ3) is 1.21. The van der Waals surface area contributed by atoms with Crippen molar-refractivity contribution < 1.29 is 11.5 Å². The van der Waals surface area contributed by atoms with E-state index in [1.54, 1.807) is 0 Å². The third-order valence-corrected chi connectivity index (χ3v) is 1.26. The number of phenols is 1. The normalized spacial score (nSPS) is 9.45. The lowest BCUT2D eigenvalue weighted by Crippen LogP contribution is -1.94. The summed E-state index contributed by atoms with van der Waals surface area (Å²) in [7, 11) is 0. The molecular formula is C6H7N2O3+. The fourth-order valence-electron chi connectivity index (χ4n) is 0.700. The first-order chi connectivity index (χ1) is 5.13. The summed E-state index contributed by atoms with van der Waals surface area (Å²) in [6.45, 7) is 0. The molecule has 1 aromatic carbocycles. The molecule has 3 N–H and O–H groups in total. The van der Waals surface area contributed by atoms with E-state index in [2.05, 4.69) is 0 Å². The van der Waals surface area contributed by atoms with Gasteiger partial charge in [0.15, 0.2) is 5.69 Å². The van der Waals surface area contributed by atoms with Gasteiger partial charge in [0.1, 0.15) is 5.75 Å². The summed E-state index contributed by atoms with van der Waals surface area (Å²) >= 11 is 0. The van der Waals surface area contributed by atoms with Gasteiger partial charge in [-0.2, -0.15) is 0 Å². The number of rotatable bonds is 1. The number of para-hydroxylation sites is 1. The Morgan fingerprint density at radius 3 is 2.73 bits per heavy atom. The summed E-state index contributed by atoms with van der Waals surface area (Å²) in [5.74, 6) is -0.265. The number of hydrogen-bond acceptors (Lipinski definition) is 4. The summed E-state index contributed by atoms with van der Waals surface area (Å²) in [6.07, 6.45) is 0. The van der Waals surface area contributed by atoms with Crippen LogP contribution in [-0.2, 0) is 0 Å². The van der Waals surface area contributed by atoms with Crippen LogP contribution < -0.4 is 5.73 Å². The molecule has 0 atom stereocenters. The van der Waals surface area contributed by atoms with Crippen LogP contribution in [0.25, 0.3) is 0 Å². The van der Waals surface area contributed by atoms with Gasteiger partial charge >= 0.3 is 1.43 Å². The van der Waals surface area contributed by atoms with Crippen molar-refractivity contribution in [2.75, 3.05) is 5.73 Å². The molecular weight excluding hydrogens is 148 g/mol. The van der Waals surface area contributed by atoms with Crippen molar-refractivity contribution in [3.63, 3.8) is 0 Å². The van der Waals surface area contributed by atoms with E-state index in [-0.39, 0.29) is 18.6 Å². The fourth-order valence-corrected chi connectivity index (χ4v) is 0.700. The average Bonchev–Trinajstić information content (AvgIpc) is 1.94. The minimum Gasteiger partial charge on any atom is -0.506 e. The highest BCUT2D eigenvalue weighted by atomic mass is 16.6. The predicted octanol–water partition coefficient (Wildman–Crippen LogP) is 0.995. The average molecular weight is 155 g/mol. The number of nitrogen functional groups attached to an aromatic ring is 1. The van der Waals surface area contributed by atoms with Crippen LogP contribution in [0.4, 0.5) is 11.4 Å². The van der Waals surface area contributed by atoms with Gasteiger partial charge < -0.3 is 10.8 Å². The maximum atomic E-state index is 10.2. The van der Waals surface area contributed by atoms with Gasteiger partial charge in [-0.3, -0.25) is 10.1 Å². The number of nitrogens with two attached hydrogens (primary N) is 1. The van der Waals surface area contributed by atoms with Gasteiger partial charge in [-0.1, -0.05) is 6.07 Å². The van der Waals surface area contributed by atoms with Gasteiger partial charge in [0.25, 0.3) is 5.69 Å².